The number of aliphatic hydroxyl groups is 1. The van der Waals surface area contributed by atoms with Crippen molar-refractivity contribution in [3.63, 3.8) is 0 Å². The second-order valence-corrected chi connectivity index (χ2v) is 18.5. The lowest BCUT2D eigenvalue weighted by atomic mass is 10.1. The van der Waals surface area contributed by atoms with Crippen LogP contribution in [0.2, 0.25) is 25.2 Å². The molecule has 2 aliphatic rings. The standard InChI is InChI=1S/C26H36F3N5O4SSi/c1-18-14-23(30-24(15-18)34-6-4-26(28,29)5-7-34)31-25(36)19-16-20(27)21(32-39(37,38)11-10-35)17-22(19)33-8-12-40(2,3)13-9-33/h14-17,32,35H,4-13H2,1-3H3,(H,30,31,36). The van der Waals surface area contributed by atoms with E-state index in [0.717, 1.165) is 23.7 Å². The van der Waals surface area contributed by atoms with Gasteiger partial charge in [0.2, 0.25) is 10.0 Å². The van der Waals surface area contributed by atoms with Gasteiger partial charge in [0.1, 0.15) is 17.5 Å². The first-order valence-corrected chi connectivity index (χ1v) is 18.4. The third kappa shape index (κ3) is 7.46. The highest BCUT2D eigenvalue weighted by atomic mass is 32.2. The van der Waals surface area contributed by atoms with Crippen LogP contribution < -0.4 is 19.8 Å². The number of nitrogens with one attached hydrogen (secondary N) is 2. The Hall–Kier alpha value is -2.84. The Bertz CT molecular complexity index is 1360. The summed E-state index contributed by atoms with van der Waals surface area (Å²) in [7, 11) is -5.40. The van der Waals surface area contributed by atoms with Crippen molar-refractivity contribution in [2.45, 2.75) is 50.9 Å². The van der Waals surface area contributed by atoms with Crippen LogP contribution in [0, 0.1) is 12.7 Å². The van der Waals surface area contributed by atoms with Gasteiger partial charge in [0.15, 0.2) is 0 Å². The number of sulfonamides is 1. The van der Waals surface area contributed by atoms with Gasteiger partial charge < -0.3 is 20.2 Å². The van der Waals surface area contributed by atoms with Gasteiger partial charge in [0, 0.05) is 39.0 Å². The maximum Gasteiger partial charge on any atom is 0.259 e. The number of piperidine rings is 1. The molecule has 9 nitrogen and oxygen atoms in total. The largest absolute Gasteiger partial charge is 0.395 e. The molecule has 2 aromatic rings. The fourth-order valence-electron chi connectivity index (χ4n) is 4.90. The predicted molar refractivity (Wildman–Crippen MR) is 154 cm³/mol. The number of rotatable bonds is 8. The zero-order chi connectivity index (χ0) is 29.3. The van der Waals surface area contributed by atoms with Crippen LogP contribution in [0.25, 0.3) is 0 Å². The van der Waals surface area contributed by atoms with Crippen molar-refractivity contribution < 1.29 is 31.5 Å². The van der Waals surface area contributed by atoms with Gasteiger partial charge in [-0.1, -0.05) is 13.1 Å². The number of nitrogens with zero attached hydrogens (tertiary/aromatic N) is 3. The first-order chi connectivity index (χ1) is 18.7. The fraction of sp³-hybridized carbons (Fsp3) is 0.538. The molecule has 0 aliphatic carbocycles. The number of hydrogen-bond acceptors (Lipinski definition) is 7. The Morgan fingerprint density at radius 1 is 1.07 bits per heavy atom. The molecule has 0 saturated carbocycles. The Morgan fingerprint density at radius 2 is 1.73 bits per heavy atom. The van der Waals surface area contributed by atoms with Crippen LogP contribution in [0.3, 0.4) is 0 Å². The quantitative estimate of drug-likeness (QED) is 0.388. The van der Waals surface area contributed by atoms with Crippen molar-refractivity contribution in [1.29, 1.82) is 0 Å². The number of aromatic nitrogens is 1. The number of hydrogen-bond donors (Lipinski definition) is 3. The van der Waals surface area contributed by atoms with Gasteiger partial charge >= 0.3 is 0 Å². The average Bonchev–Trinajstić information content (AvgIpc) is 2.84. The van der Waals surface area contributed by atoms with E-state index >= 15 is 4.39 Å². The third-order valence-corrected chi connectivity index (χ3v) is 11.8. The summed E-state index contributed by atoms with van der Waals surface area (Å²) in [6.07, 6.45) is -0.562. The van der Waals surface area contributed by atoms with E-state index in [4.69, 9.17) is 5.11 Å². The number of pyridine rings is 1. The minimum absolute atomic E-state index is 0.0199. The maximum atomic E-state index is 15.2. The predicted octanol–water partition coefficient (Wildman–Crippen LogP) is 4.28. The van der Waals surface area contributed by atoms with Gasteiger partial charge in [-0.3, -0.25) is 9.52 Å². The third-order valence-electron chi connectivity index (χ3n) is 7.43. The molecular weight excluding hydrogens is 563 g/mol. The zero-order valence-corrected chi connectivity index (χ0v) is 24.8. The SMILES string of the molecule is Cc1cc(NC(=O)c2cc(F)c(NS(=O)(=O)CCO)cc2N2CC[Si](C)(C)CC2)nc(N2CCC(F)(F)CC2)c1. The molecule has 2 fully saturated rings. The molecule has 4 rings (SSSR count). The molecule has 2 aliphatic heterocycles. The molecule has 3 N–H and O–H groups in total. The van der Waals surface area contributed by atoms with E-state index in [1.807, 2.05) is 4.90 Å². The van der Waals surface area contributed by atoms with Crippen LogP contribution >= 0.6 is 0 Å². The molecule has 0 radical (unpaired) electrons. The molecule has 0 atom stereocenters. The number of alkyl halides is 2. The molecule has 3 heterocycles. The van der Waals surface area contributed by atoms with E-state index in [9.17, 15) is 22.0 Å². The minimum atomic E-state index is -4.00. The molecular formula is C26H36F3N5O4SSi. The Kier molecular flexibility index (Phi) is 8.71. The molecule has 220 valence electrons. The van der Waals surface area contributed by atoms with Crippen molar-refractivity contribution in [3.05, 3.63) is 41.2 Å². The lowest BCUT2D eigenvalue weighted by molar-refractivity contribution is -0.0221. The van der Waals surface area contributed by atoms with Gasteiger partial charge in [-0.05, 0) is 48.8 Å². The van der Waals surface area contributed by atoms with Crippen LogP contribution in [0.4, 0.5) is 36.2 Å². The van der Waals surface area contributed by atoms with Crippen molar-refractivity contribution in [2.75, 3.05) is 58.4 Å². The normalized spacial score (nSPS) is 18.9. The number of amides is 1. The number of anilines is 4. The lowest BCUT2D eigenvalue weighted by Gasteiger charge is -2.38. The molecule has 1 amide bonds. The second-order valence-electron chi connectivity index (χ2n) is 11.3. The van der Waals surface area contributed by atoms with E-state index < -0.39 is 48.1 Å². The highest BCUT2D eigenvalue weighted by Crippen LogP contribution is 2.34. The monoisotopic (exact) mass is 599 g/mol. The number of carbonyl (C=O) groups excluding carboxylic acids is 1. The van der Waals surface area contributed by atoms with E-state index in [2.05, 4.69) is 28.1 Å². The summed E-state index contributed by atoms with van der Waals surface area (Å²) in [5.41, 5.74) is 0.864. The van der Waals surface area contributed by atoms with Gasteiger partial charge in [-0.2, -0.15) is 0 Å². The van der Waals surface area contributed by atoms with Crippen molar-refractivity contribution >= 4 is 47.0 Å². The summed E-state index contributed by atoms with van der Waals surface area (Å²) >= 11 is 0. The Morgan fingerprint density at radius 3 is 2.35 bits per heavy atom. The van der Waals surface area contributed by atoms with Crippen molar-refractivity contribution in [2.24, 2.45) is 0 Å². The molecule has 0 spiro atoms. The first-order valence-electron chi connectivity index (χ1n) is 13.3. The van der Waals surface area contributed by atoms with E-state index in [1.54, 1.807) is 24.0 Å². The van der Waals surface area contributed by atoms with Gasteiger partial charge in [0.05, 0.1) is 37.4 Å². The van der Waals surface area contributed by atoms with Crippen LogP contribution in [0.5, 0.6) is 0 Å². The minimum Gasteiger partial charge on any atom is -0.395 e. The van der Waals surface area contributed by atoms with Crippen molar-refractivity contribution in [3.8, 4) is 0 Å². The lowest BCUT2D eigenvalue weighted by Crippen LogP contribution is -2.43. The number of halogens is 3. The Balaban J connectivity index is 1.64. The molecule has 1 aromatic heterocycles. The topological polar surface area (TPSA) is 115 Å². The molecule has 2 saturated heterocycles. The fourth-order valence-corrected chi connectivity index (χ4v) is 7.73. The highest BCUT2D eigenvalue weighted by Gasteiger charge is 2.35. The van der Waals surface area contributed by atoms with Gasteiger partial charge in [-0.15, -0.1) is 0 Å². The summed E-state index contributed by atoms with van der Waals surface area (Å²) in [6.45, 7) is 7.28. The maximum absolute atomic E-state index is 15.2. The van der Waals surface area contributed by atoms with Crippen LogP contribution in [-0.2, 0) is 10.0 Å². The summed E-state index contributed by atoms with van der Waals surface area (Å²) in [6, 6.07) is 7.63. The van der Waals surface area contributed by atoms with Crippen LogP contribution in [0.15, 0.2) is 24.3 Å². The van der Waals surface area contributed by atoms with E-state index in [-0.39, 0.29) is 43.0 Å². The number of aliphatic hydroxyl groups excluding tert-OH is 1. The summed E-state index contributed by atoms with van der Waals surface area (Å²) < 4.78 is 69.1. The van der Waals surface area contributed by atoms with Crippen LogP contribution in [0.1, 0.15) is 28.8 Å². The van der Waals surface area contributed by atoms with Crippen molar-refractivity contribution in [1.82, 2.24) is 4.98 Å². The van der Waals surface area contributed by atoms with Gasteiger partial charge in [0.25, 0.3) is 11.8 Å². The van der Waals surface area contributed by atoms with Gasteiger partial charge in [-0.25, -0.2) is 26.6 Å². The second kappa shape index (κ2) is 11.6. The molecule has 0 bridgehead atoms. The van der Waals surface area contributed by atoms with Crippen LogP contribution in [-0.4, -0.2) is 77.0 Å². The highest BCUT2D eigenvalue weighted by molar-refractivity contribution is 7.92. The molecule has 0 unspecified atom stereocenters. The summed E-state index contributed by atoms with van der Waals surface area (Å²) in [5, 5.41) is 11.8. The number of aryl methyl sites for hydroxylation is 1. The smallest absolute Gasteiger partial charge is 0.259 e. The Labute approximate surface area is 233 Å². The molecule has 14 heteroatoms. The molecule has 1 aromatic carbocycles. The first kappa shape index (κ1) is 30.1. The molecule has 40 heavy (non-hydrogen) atoms. The van der Waals surface area contributed by atoms with E-state index in [1.165, 1.54) is 6.07 Å². The summed E-state index contributed by atoms with van der Waals surface area (Å²) in [4.78, 5) is 21.7. The van der Waals surface area contributed by atoms with E-state index in [0.29, 0.717) is 24.6 Å². The average molecular weight is 600 g/mol. The summed E-state index contributed by atoms with van der Waals surface area (Å²) in [5.74, 6) is -4.20. The number of benzene rings is 1. The zero-order valence-electron chi connectivity index (χ0n) is 22.9. The number of carbonyl (C=O) groups is 1.